The van der Waals surface area contributed by atoms with E-state index < -0.39 is 163 Å². The van der Waals surface area contributed by atoms with E-state index >= 15 is 0 Å². The predicted molar refractivity (Wildman–Crippen MR) is 179 cm³/mol. The van der Waals surface area contributed by atoms with Crippen molar-refractivity contribution in [2.45, 2.75) is 149 Å². The van der Waals surface area contributed by atoms with Gasteiger partial charge in [-0.1, -0.05) is 0 Å². The molecule has 0 spiro atoms. The molecule has 4 heterocycles. The van der Waals surface area contributed by atoms with Gasteiger partial charge in [0.25, 0.3) is 0 Å². The molecule has 4 rings (SSSR count). The Kier molecular flexibility index (Phi) is 19.3. The van der Waals surface area contributed by atoms with Crippen molar-refractivity contribution in [1.29, 1.82) is 0 Å². The molecule has 4 fully saturated rings. The van der Waals surface area contributed by atoms with Crippen LogP contribution in [0.3, 0.4) is 0 Å². The van der Waals surface area contributed by atoms with Gasteiger partial charge in [-0.3, -0.25) is 4.52 Å². The fraction of sp³-hybridized carbons (Fsp3) is 1.00. The summed E-state index contributed by atoms with van der Waals surface area (Å²) in [6.45, 7) is -0.941. The maximum absolute atomic E-state index is 13.8. The van der Waals surface area contributed by atoms with Gasteiger partial charge in [0.2, 0.25) is 0 Å². The van der Waals surface area contributed by atoms with E-state index in [0.717, 1.165) is 0 Å². The van der Waals surface area contributed by atoms with Gasteiger partial charge in [-0.2, -0.15) is 0 Å². The van der Waals surface area contributed by atoms with Crippen LogP contribution in [-0.2, 0) is 61.2 Å². The Balaban J connectivity index is 1.80. The third-order valence-electron chi connectivity index (χ3n) is 9.74. The second kappa shape index (κ2) is 22.5. The van der Waals surface area contributed by atoms with Crippen LogP contribution < -0.4 is 5.73 Å². The zero-order valence-electron chi connectivity index (χ0n) is 31.2. The van der Waals surface area contributed by atoms with Gasteiger partial charge in [0.15, 0.2) is 25.2 Å². The number of nitrogens with two attached hydrogens (primary N) is 1. The van der Waals surface area contributed by atoms with Gasteiger partial charge in [-0.25, -0.2) is 14.7 Å². The van der Waals surface area contributed by atoms with Crippen LogP contribution in [-0.4, -0.2) is 235 Å². The van der Waals surface area contributed by atoms with E-state index in [4.69, 9.17) is 48.2 Å². The van der Waals surface area contributed by atoms with Crippen molar-refractivity contribution in [3.63, 3.8) is 0 Å². The molecule has 0 bridgehead atoms. The van der Waals surface area contributed by atoms with Gasteiger partial charge in [-0.05, 0) is 26.8 Å². The summed E-state index contributed by atoms with van der Waals surface area (Å²) in [6.07, 6.45) is -37.9. The van der Waals surface area contributed by atoms with Crippen molar-refractivity contribution >= 4 is 7.82 Å². The lowest BCUT2D eigenvalue weighted by molar-refractivity contribution is -0.400. The molecular weight excluding hydrogens is 821 g/mol. The Labute approximate surface area is 330 Å². The molecular formula is C30H56NO26P. The summed E-state index contributed by atoms with van der Waals surface area (Å²) >= 11 is 0. The van der Waals surface area contributed by atoms with E-state index in [0.29, 0.717) is 6.42 Å². The van der Waals surface area contributed by atoms with Crippen LogP contribution in [0.2, 0.25) is 0 Å². The summed E-state index contributed by atoms with van der Waals surface area (Å²) in [6, 6.07) is 0. The lowest BCUT2D eigenvalue weighted by atomic mass is 9.95. The van der Waals surface area contributed by atoms with E-state index in [9.17, 15) is 71.1 Å². The Morgan fingerprint density at radius 3 is 1.72 bits per heavy atom. The van der Waals surface area contributed by atoms with Gasteiger partial charge >= 0.3 is 7.82 Å². The second-order valence-electron chi connectivity index (χ2n) is 13.9. The largest absolute Gasteiger partial charge is 0.529 e. The molecule has 0 aliphatic carbocycles. The van der Waals surface area contributed by atoms with Crippen LogP contribution >= 0.6 is 7.82 Å². The van der Waals surface area contributed by atoms with Crippen LogP contribution in [0.1, 0.15) is 20.3 Å². The zero-order chi connectivity index (χ0) is 43.1. The monoisotopic (exact) mass is 877 g/mol. The van der Waals surface area contributed by atoms with Crippen LogP contribution in [0.15, 0.2) is 0 Å². The van der Waals surface area contributed by atoms with Crippen molar-refractivity contribution in [2.75, 3.05) is 39.6 Å². The van der Waals surface area contributed by atoms with Crippen LogP contribution in [0, 0.1) is 0 Å². The Hall–Kier alpha value is -0.810. The van der Waals surface area contributed by atoms with Gasteiger partial charge in [0.1, 0.15) is 91.6 Å². The Morgan fingerprint density at radius 1 is 0.603 bits per heavy atom. The number of aliphatic hydroxyl groups excluding tert-OH is 12. The normalized spacial score (nSPS) is 45.0. The van der Waals surface area contributed by atoms with Crippen LogP contribution in [0.4, 0.5) is 0 Å². The highest BCUT2D eigenvalue weighted by Crippen LogP contribution is 2.53. The summed E-state index contributed by atoms with van der Waals surface area (Å²) in [5.74, 6) is 0. The van der Waals surface area contributed by atoms with Gasteiger partial charge in [0, 0.05) is 0 Å². The Morgan fingerprint density at radius 2 is 1.14 bits per heavy atom. The number of phosphoric acid groups is 1. The molecule has 27 nitrogen and oxygen atoms in total. The van der Waals surface area contributed by atoms with Crippen molar-refractivity contribution in [1.82, 2.24) is 0 Å². The molecule has 21 atom stereocenters. The highest BCUT2D eigenvalue weighted by atomic mass is 31.2. The van der Waals surface area contributed by atoms with Gasteiger partial charge < -0.3 is 105 Å². The maximum atomic E-state index is 13.8. The van der Waals surface area contributed by atoms with Crippen molar-refractivity contribution in [3.8, 4) is 0 Å². The highest BCUT2D eigenvalue weighted by Gasteiger charge is 2.58. The lowest BCUT2D eigenvalue weighted by Gasteiger charge is -2.51. The fourth-order valence-corrected chi connectivity index (χ4v) is 7.25. The topological polar surface area (TPSA) is 417 Å². The molecule has 15 N–H and O–H groups in total. The van der Waals surface area contributed by atoms with Gasteiger partial charge in [0.05, 0.1) is 45.2 Å². The second-order valence-corrected chi connectivity index (χ2v) is 15.3. The molecule has 342 valence electrons. The van der Waals surface area contributed by atoms with E-state index in [1.807, 2.05) is 0 Å². The first-order chi connectivity index (χ1) is 27.5. The SMILES string of the molecule is CC1OC(OC2C(OC3C(C)OC(OCCCN)C(O)C3O)OC(CO)C(OC3OC(CO)C(O)C(O)C3O)C2OP(=O)(OO)OOC(CO)CO)C(O)C(O)C1O. The lowest BCUT2D eigenvalue weighted by Crippen LogP contribution is -2.68. The highest BCUT2D eigenvalue weighted by molar-refractivity contribution is 7.48. The molecule has 28 heteroatoms. The molecule has 0 aromatic carbocycles. The number of ether oxygens (including phenoxy) is 8. The molecule has 4 saturated heterocycles. The van der Waals surface area contributed by atoms with Crippen molar-refractivity contribution < 1.29 is 128 Å². The van der Waals surface area contributed by atoms with Crippen molar-refractivity contribution in [2.24, 2.45) is 5.73 Å². The quantitative estimate of drug-likeness (QED) is 0.0234. The Bertz CT molecular complexity index is 1260. The summed E-state index contributed by atoms with van der Waals surface area (Å²) in [5.41, 5.74) is 5.50. The molecule has 0 amide bonds. The molecule has 0 aromatic rings. The summed E-state index contributed by atoms with van der Waals surface area (Å²) in [7, 11) is -5.60. The fourth-order valence-electron chi connectivity index (χ4n) is 6.38. The average molecular weight is 878 g/mol. The summed E-state index contributed by atoms with van der Waals surface area (Å²) in [4.78, 5) is 4.68. The van der Waals surface area contributed by atoms with Crippen LogP contribution in [0.5, 0.6) is 0 Å². The summed E-state index contributed by atoms with van der Waals surface area (Å²) < 4.78 is 74.1. The minimum Gasteiger partial charge on any atom is -0.394 e. The number of hydrogen-bond donors (Lipinski definition) is 14. The third kappa shape index (κ3) is 11.6. The van der Waals surface area contributed by atoms with Gasteiger partial charge in [-0.15, -0.1) is 9.35 Å². The van der Waals surface area contributed by atoms with E-state index in [1.54, 1.807) is 0 Å². The zero-order valence-corrected chi connectivity index (χ0v) is 32.1. The molecule has 4 aliphatic heterocycles. The third-order valence-corrected chi connectivity index (χ3v) is 10.7. The molecule has 4 aliphatic rings. The molecule has 21 unspecified atom stereocenters. The first-order valence-electron chi connectivity index (χ1n) is 18.2. The molecule has 58 heavy (non-hydrogen) atoms. The minimum absolute atomic E-state index is 0.0384. The molecule has 0 aromatic heterocycles. The number of aliphatic hydroxyl groups is 12. The number of hydrogen-bond acceptors (Lipinski definition) is 27. The predicted octanol–water partition coefficient (Wildman–Crippen LogP) is -7.40. The van der Waals surface area contributed by atoms with Crippen LogP contribution in [0.25, 0.3) is 0 Å². The average Bonchev–Trinajstić information content (AvgIpc) is 3.21. The molecule has 0 saturated carbocycles. The van der Waals surface area contributed by atoms with E-state index in [2.05, 4.69) is 14.2 Å². The van der Waals surface area contributed by atoms with Crippen molar-refractivity contribution in [3.05, 3.63) is 0 Å². The first-order valence-corrected chi connectivity index (χ1v) is 19.7. The maximum Gasteiger partial charge on any atom is 0.529 e. The van der Waals surface area contributed by atoms with E-state index in [1.165, 1.54) is 13.8 Å². The smallest absolute Gasteiger partial charge is 0.394 e. The van der Waals surface area contributed by atoms with E-state index in [-0.39, 0.29) is 13.2 Å². The number of rotatable bonds is 20. The first kappa shape index (κ1) is 49.8. The summed E-state index contributed by atoms with van der Waals surface area (Å²) in [5, 5.41) is 135. The molecule has 0 radical (unpaired) electrons. The minimum atomic E-state index is -5.60. The standard InChI is InChI=1S/C30H56NO26P/c1-10-15(36)17(38)20(41)28(47-10)53-26-25(55-58(45,56-44)57-54-12(6-32)7-33)24(52-29-21(42)18(39)16(37)13(8-34)49-29)14(9-35)50-30(26)51-23-11(2)48-27(22(43)19(23)40)46-5-3-4-31/h10-30,32-44H,3-9,31H2,1-2H3.